The lowest BCUT2D eigenvalue weighted by Crippen LogP contribution is -2.40. The number of carbonyl (C=O) groups is 4. The number of amidine groups is 2. The van der Waals surface area contributed by atoms with E-state index in [0.717, 1.165) is 28.5 Å². The highest BCUT2D eigenvalue weighted by Crippen LogP contribution is 2.36. The molecule has 0 saturated heterocycles. The molecule has 83 heavy (non-hydrogen) atoms. The maximum absolute atomic E-state index is 13.1. The maximum atomic E-state index is 13.1. The van der Waals surface area contributed by atoms with E-state index in [2.05, 4.69) is 40.2 Å². The molecule has 1 aliphatic rings. The Hall–Kier alpha value is -11.0. The lowest BCUT2D eigenvalue weighted by atomic mass is 9.86. The Balaban J connectivity index is 0.000000193. The number of carboxylic acid groups (broad SMARTS) is 2. The number of nitrogens with one attached hydrogen (secondary N) is 3. The number of aliphatic carboxylic acids is 2. The Morgan fingerprint density at radius 2 is 1.06 bits per heavy atom. The van der Waals surface area contributed by atoms with E-state index in [9.17, 15) is 46.6 Å². The van der Waals surface area contributed by atoms with Crippen molar-refractivity contribution < 1.29 is 47.0 Å². The van der Waals surface area contributed by atoms with E-state index in [-0.39, 0.29) is 52.8 Å². The molecule has 17 nitrogen and oxygen atoms in total. The number of H-pyrrole nitrogens is 1. The van der Waals surface area contributed by atoms with Gasteiger partial charge in [-0.1, -0.05) is 48.5 Å². The Labute approximate surface area is 473 Å². The highest BCUT2D eigenvalue weighted by Gasteiger charge is 2.34. The zero-order valence-corrected chi connectivity index (χ0v) is 44.7. The van der Waals surface area contributed by atoms with Gasteiger partial charge in [-0.3, -0.25) is 49.5 Å². The van der Waals surface area contributed by atoms with Gasteiger partial charge in [0.1, 0.15) is 41.2 Å². The molecule has 2 atom stereocenters. The second kappa shape index (κ2) is 32.2. The molecule has 9 aromatic rings. The zero-order valence-electron chi connectivity index (χ0n) is 44.7. The van der Waals surface area contributed by atoms with Crippen molar-refractivity contribution in [3.63, 3.8) is 0 Å². The number of hydrogen-bond donors (Lipinski definition) is 6. The molecule has 21 heteroatoms. The van der Waals surface area contributed by atoms with Gasteiger partial charge in [0.2, 0.25) is 5.91 Å². The number of aryl methyl sites for hydroxylation is 1. The lowest BCUT2D eigenvalue weighted by Gasteiger charge is -2.28. The Morgan fingerprint density at radius 3 is 1.53 bits per heavy atom. The summed E-state index contributed by atoms with van der Waals surface area (Å²) in [6.45, 7) is 5.01. The van der Waals surface area contributed by atoms with Crippen molar-refractivity contribution in [3.05, 3.63) is 268 Å². The van der Waals surface area contributed by atoms with E-state index in [0.29, 0.717) is 45.2 Å². The van der Waals surface area contributed by atoms with Crippen LogP contribution in [0.15, 0.2) is 205 Å². The zero-order chi connectivity index (χ0) is 60.3. The number of aliphatic imine (C=N–C) groups is 1. The van der Waals surface area contributed by atoms with Gasteiger partial charge in [0.15, 0.2) is 0 Å². The van der Waals surface area contributed by atoms with Gasteiger partial charge in [-0.05, 0) is 157 Å². The summed E-state index contributed by atoms with van der Waals surface area (Å²) in [6, 6.07) is 36.2. The van der Waals surface area contributed by atoms with Crippen molar-refractivity contribution in [2.75, 3.05) is 0 Å². The Bertz CT molecular complexity index is 3670. The number of nitrogens with zero attached hydrogens (tertiary/aromatic N) is 6. The van der Waals surface area contributed by atoms with Gasteiger partial charge in [-0.15, -0.1) is 0 Å². The fourth-order valence-electron chi connectivity index (χ4n) is 7.48. The number of rotatable bonds is 10. The summed E-state index contributed by atoms with van der Waals surface area (Å²) in [7, 11) is 0. The van der Waals surface area contributed by atoms with Gasteiger partial charge in [0.05, 0.1) is 41.0 Å². The monoisotopic (exact) mass is 1130 g/mol. The van der Waals surface area contributed by atoms with Crippen molar-refractivity contribution >= 4 is 47.5 Å². The summed E-state index contributed by atoms with van der Waals surface area (Å²) < 4.78 is 51.3. The molecule has 5 aromatic heterocycles. The second-order valence-electron chi connectivity index (χ2n) is 17.5. The van der Waals surface area contributed by atoms with Crippen molar-refractivity contribution in [1.29, 1.82) is 5.41 Å². The molecule has 0 saturated carbocycles. The number of aromatic nitrogens is 6. The van der Waals surface area contributed by atoms with E-state index in [1.54, 1.807) is 124 Å². The van der Waals surface area contributed by atoms with Crippen LogP contribution < -0.4 is 16.6 Å². The van der Waals surface area contributed by atoms with Crippen LogP contribution in [-0.4, -0.2) is 75.9 Å². The summed E-state index contributed by atoms with van der Waals surface area (Å²) in [5, 5.41) is 26.5. The molecule has 0 aliphatic carbocycles. The second-order valence-corrected chi connectivity index (χ2v) is 17.5. The molecule has 6 heterocycles. The number of aromatic amines is 1. The first kappa shape index (κ1) is 62.9. The van der Waals surface area contributed by atoms with Crippen LogP contribution in [0.1, 0.15) is 69.8 Å². The van der Waals surface area contributed by atoms with E-state index >= 15 is 0 Å². The van der Waals surface area contributed by atoms with E-state index < -0.39 is 23.7 Å². The SMILES string of the molecule is CC(=N)N.CC1=NC(c2ccncc2)C(c2ccc(F)cc2)C(=O)N1.Cc1nc(-c2ccncc2)c(-c2ccc(F)cc2)c(=O)[nH]1.O=C(O)/C(=C/c1ccncc1)c1ccc(F)cc1.O=C(O)Cc1ccc(F)cc1.O=Cc1ccncc1. The highest BCUT2D eigenvalue weighted by atomic mass is 19.1. The van der Waals surface area contributed by atoms with Crippen LogP contribution in [0.2, 0.25) is 0 Å². The number of amides is 1. The summed E-state index contributed by atoms with van der Waals surface area (Å²) in [5.41, 5.74) is 11.1. The van der Waals surface area contributed by atoms with Gasteiger partial charge in [0.25, 0.3) is 5.56 Å². The highest BCUT2D eigenvalue weighted by molar-refractivity contribution is 6.20. The van der Waals surface area contributed by atoms with Crippen molar-refractivity contribution in [1.82, 2.24) is 35.2 Å². The number of halogens is 4. The fourth-order valence-corrected chi connectivity index (χ4v) is 7.48. The third-order valence-electron chi connectivity index (χ3n) is 11.1. The topological polar surface area (TPSA) is 280 Å². The standard InChI is InChI=1S/C16H14FN3O.C16H12FN3O.C14H10FNO2.C8H7FO2.C6H5NO.C2H6N2/c2*1-10-19-15(12-6-8-18-9-7-12)14(16(21)20-10)11-2-4-13(17)5-3-11;15-12-3-1-11(2-4-12)13(14(17)18)9-10-5-7-16-8-6-10;9-7-3-1-6(2-4-7)5-8(10)11;8-5-6-1-3-7-4-2-6;1-2(3)4/h2-9,14-15H,1H3,(H,19,20,21);2-9H,1H3,(H,19,20,21);1-9H,(H,17,18);1-4H,5H2,(H,10,11);1-5H;1H3,(H3,3,4)/b;;13-9+;;;. The number of pyridine rings is 4. The number of carbonyl (C=O) groups excluding carboxylic acids is 2. The quantitative estimate of drug-likeness (QED) is 0.0245. The van der Waals surface area contributed by atoms with Crippen LogP contribution in [-0.2, 0) is 20.8 Å². The third kappa shape index (κ3) is 21.0. The van der Waals surface area contributed by atoms with Crippen molar-refractivity contribution in [2.24, 2.45) is 10.7 Å². The molecule has 0 fully saturated rings. The van der Waals surface area contributed by atoms with Gasteiger partial charge in [-0.2, -0.15) is 0 Å². The molecule has 1 aliphatic heterocycles. The number of hydrogen-bond acceptors (Lipinski definition) is 12. The Kier molecular flexibility index (Phi) is 24.4. The minimum atomic E-state index is -1.06. The average molecular weight is 1130 g/mol. The van der Waals surface area contributed by atoms with E-state index in [1.807, 2.05) is 12.1 Å². The van der Waals surface area contributed by atoms with Gasteiger partial charge < -0.3 is 26.2 Å². The number of carboxylic acids is 2. The van der Waals surface area contributed by atoms with Crippen LogP contribution in [0.4, 0.5) is 17.6 Å². The summed E-state index contributed by atoms with van der Waals surface area (Å²) in [4.78, 5) is 83.2. The smallest absolute Gasteiger partial charge is 0.336 e. The number of aldehydes is 1. The van der Waals surface area contributed by atoms with Crippen LogP contribution in [0, 0.1) is 35.6 Å². The number of nitrogens with two attached hydrogens (primary N) is 1. The molecule has 2 unspecified atom stereocenters. The minimum absolute atomic E-state index is 0.0553. The largest absolute Gasteiger partial charge is 0.481 e. The molecular formula is C62H54F4N10O7. The van der Waals surface area contributed by atoms with Crippen LogP contribution in [0.25, 0.3) is 34.0 Å². The molecule has 7 N–H and O–H groups in total. The lowest BCUT2D eigenvalue weighted by molar-refractivity contribution is -0.136. The summed E-state index contributed by atoms with van der Waals surface area (Å²) >= 11 is 0. The molecule has 422 valence electrons. The van der Waals surface area contributed by atoms with E-state index in [1.165, 1.54) is 85.8 Å². The predicted molar refractivity (Wildman–Crippen MR) is 307 cm³/mol. The average Bonchev–Trinajstić information content (AvgIpc) is 3.66. The minimum Gasteiger partial charge on any atom is -0.481 e. The van der Waals surface area contributed by atoms with E-state index in [4.69, 9.17) is 16.2 Å². The maximum Gasteiger partial charge on any atom is 0.336 e. The van der Waals surface area contributed by atoms with Crippen LogP contribution >= 0.6 is 0 Å². The first-order valence-electron chi connectivity index (χ1n) is 24.8. The molecule has 4 aromatic carbocycles. The fraction of sp³-hybridized carbons (Fsp3) is 0.0968. The molecular weight excluding hydrogens is 1070 g/mol. The number of benzene rings is 4. The summed E-state index contributed by atoms with van der Waals surface area (Å²) in [5.74, 6) is -2.71. The normalized spacial score (nSPS) is 13.0. The van der Waals surface area contributed by atoms with Crippen LogP contribution in [0.3, 0.4) is 0 Å². The van der Waals surface area contributed by atoms with Gasteiger partial charge >= 0.3 is 11.9 Å². The molecule has 0 spiro atoms. The third-order valence-corrected chi connectivity index (χ3v) is 11.1. The molecule has 1 amide bonds. The van der Waals surface area contributed by atoms with Gasteiger partial charge in [0, 0.05) is 60.7 Å². The van der Waals surface area contributed by atoms with Crippen molar-refractivity contribution in [2.45, 2.75) is 39.2 Å². The molecule has 0 radical (unpaired) electrons. The molecule has 0 bridgehead atoms. The first-order chi connectivity index (χ1) is 39.8. The van der Waals surface area contributed by atoms with Gasteiger partial charge in [-0.25, -0.2) is 27.3 Å². The summed E-state index contributed by atoms with van der Waals surface area (Å²) in [6.07, 6.45) is 15.2. The van der Waals surface area contributed by atoms with Crippen molar-refractivity contribution in [3.8, 4) is 22.4 Å². The first-order valence-corrected chi connectivity index (χ1v) is 24.8. The van der Waals surface area contributed by atoms with Crippen LogP contribution in [0.5, 0.6) is 0 Å². The molecule has 10 rings (SSSR count). The Morgan fingerprint density at radius 1 is 0.614 bits per heavy atom. The predicted octanol–water partition coefficient (Wildman–Crippen LogP) is 10.7.